The molecule has 9 heteroatoms. The van der Waals surface area contributed by atoms with Gasteiger partial charge >= 0.3 is 0 Å². The van der Waals surface area contributed by atoms with Gasteiger partial charge in [-0.25, -0.2) is 8.42 Å². The van der Waals surface area contributed by atoms with Crippen LogP contribution in [0.5, 0.6) is 0 Å². The molecule has 28 heavy (non-hydrogen) atoms. The van der Waals surface area contributed by atoms with Crippen LogP contribution in [-0.2, 0) is 21.4 Å². The molecule has 0 bridgehead atoms. The van der Waals surface area contributed by atoms with E-state index in [1.165, 1.54) is 12.1 Å². The van der Waals surface area contributed by atoms with Crippen LogP contribution in [0.3, 0.4) is 0 Å². The van der Waals surface area contributed by atoms with E-state index in [1.807, 2.05) is 13.8 Å². The van der Waals surface area contributed by atoms with Crippen LogP contribution in [0.1, 0.15) is 25.8 Å². The maximum Gasteiger partial charge on any atom is 0.243 e. The maximum atomic E-state index is 13.2. The highest BCUT2D eigenvalue weighted by Crippen LogP contribution is 2.25. The van der Waals surface area contributed by atoms with Crippen LogP contribution in [0, 0.1) is 0 Å². The van der Waals surface area contributed by atoms with Crippen molar-refractivity contribution >= 4 is 55.1 Å². The van der Waals surface area contributed by atoms with Crippen molar-refractivity contribution in [2.45, 2.75) is 37.8 Å². The standard InChI is InChI=1S/C19H21BrCl2N2O3S/c1-3-13(2)23-19(25)12-24(11-14-4-7-16(21)10-18(14)22)28(26,27)17-8-5-15(20)6-9-17/h4-10,13H,3,11-12H2,1-2H3,(H,23,25)/t13-/m0/s1. The van der Waals surface area contributed by atoms with E-state index in [1.54, 1.807) is 30.3 Å². The normalized spacial score (nSPS) is 12.8. The fourth-order valence-electron chi connectivity index (χ4n) is 2.40. The van der Waals surface area contributed by atoms with Gasteiger partial charge in [0.05, 0.1) is 11.4 Å². The highest BCUT2D eigenvalue weighted by Gasteiger charge is 2.28. The Kier molecular flexibility index (Phi) is 8.33. The minimum Gasteiger partial charge on any atom is -0.353 e. The van der Waals surface area contributed by atoms with Crippen LogP contribution in [0.25, 0.3) is 0 Å². The summed E-state index contributed by atoms with van der Waals surface area (Å²) in [6, 6.07) is 11.0. The molecule has 2 aromatic rings. The number of rotatable bonds is 8. The molecule has 1 N–H and O–H groups in total. The maximum absolute atomic E-state index is 13.2. The van der Waals surface area contributed by atoms with Crippen molar-refractivity contribution in [3.05, 3.63) is 62.5 Å². The zero-order valence-electron chi connectivity index (χ0n) is 15.5. The summed E-state index contributed by atoms with van der Waals surface area (Å²) in [5.74, 6) is -0.375. The van der Waals surface area contributed by atoms with E-state index in [9.17, 15) is 13.2 Å². The summed E-state index contributed by atoms with van der Waals surface area (Å²) >= 11 is 15.4. The fraction of sp³-hybridized carbons (Fsp3) is 0.316. The number of sulfonamides is 1. The third-order valence-electron chi connectivity index (χ3n) is 4.15. The van der Waals surface area contributed by atoms with Gasteiger partial charge < -0.3 is 5.32 Å². The van der Waals surface area contributed by atoms with E-state index in [0.29, 0.717) is 15.6 Å². The van der Waals surface area contributed by atoms with E-state index < -0.39 is 10.0 Å². The van der Waals surface area contributed by atoms with Gasteiger partial charge in [-0.05, 0) is 55.3 Å². The minimum atomic E-state index is -3.92. The first-order chi connectivity index (χ1) is 13.1. The highest BCUT2D eigenvalue weighted by molar-refractivity contribution is 9.10. The Morgan fingerprint density at radius 2 is 1.82 bits per heavy atom. The molecule has 0 saturated heterocycles. The molecule has 0 unspecified atom stereocenters. The van der Waals surface area contributed by atoms with Crippen LogP contribution >= 0.6 is 39.1 Å². The van der Waals surface area contributed by atoms with E-state index in [0.717, 1.165) is 15.2 Å². The molecule has 0 saturated carbocycles. The monoisotopic (exact) mass is 506 g/mol. The predicted molar refractivity (Wildman–Crippen MR) is 116 cm³/mol. The lowest BCUT2D eigenvalue weighted by Crippen LogP contribution is -2.43. The lowest BCUT2D eigenvalue weighted by molar-refractivity contribution is -0.122. The van der Waals surface area contributed by atoms with E-state index in [2.05, 4.69) is 21.2 Å². The summed E-state index contributed by atoms with van der Waals surface area (Å²) in [7, 11) is -3.92. The average molecular weight is 508 g/mol. The molecule has 2 rings (SSSR count). The molecule has 0 aromatic heterocycles. The van der Waals surface area contributed by atoms with Gasteiger partial charge in [-0.3, -0.25) is 4.79 Å². The molecule has 152 valence electrons. The van der Waals surface area contributed by atoms with Gasteiger partial charge in [0.1, 0.15) is 0 Å². The summed E-state index contributed by atoms with van der Waals surface area (Å²) in [5.41, 5.74) is 0.558. The van der Waals surface area contributed by atoms with Gasteiger partial charge in [0.15, 0.2) is 0 Å². The van der Waals surface area contributed by atoms with Gasteiger partial charge in [0, 0.05) is 27.1 Å². The third-order valence-corrected chi connectivity index (χ3v) is 7.07. The number of hydrogen-bond acceptors (Lipinski definition) is 3. The zero-order chi connectivity index (χ0) is 20.9. The molecule has 0 aliphatic rings. The lowest BCUT2D eigenvalue weighted by Gasteiger charge is -2.23. The summed E-state index contributed by atoms with van der Waals surface area (Å²) in [4.78, 5) is 12.5. The van der Waals surface area contributed by atoms with Crippen molar-refractivity contribution in [1.29, 1.82) is 0 Å². The van der Waals surface area contributed by atoms with Crippen LogP contribution in [0.4, 0.5) is 0 Å². The average Bonchev–Trinajstić information content (AvgIpc) is 2.63. The molecule has 0 spiro atoms. The summed E-state index contributed by atoms with van der Waals surface area (Å²) < 4.78 is 28.2. The molecule has 0 fully saturated rings. The summed E-state index contributed by atoms with van der Waals surface area (Å²) in [6.07, 6.45) is 0.744. The molecule has 5 nitrogen and oxygen atoms in total. The van der Waals surface area contributed by atoms with Crippen molar-refractivity contribution in [2.75, 3.05) is 6.54 Å². The van der Waals surface area contributed by atoms with Crippen LogP contribution in [0.2, 0.25) is 10.0 Å². The third kappa shape index (κ3) is 6.19. The first-order valence-corrected chi connectivity index (χ1v) is 11.6. The van der Waals surface area contributed by atoms with Gasteiger partial charge in [-0.2, -0.15) is 4.31 Å². The first kappa shape index (κ1) is 23.2. The Morgan fingerprint density at radius 3 is 2.39 bits per heavy atom. The van der Waals surface area contributed by atoms with Gasteiger partial charge in [0.2, 0.25) is 15.9 Å². The minimum absolute atomic E-state index is 0.0520. The number of nitrogens with zero attached hydrogens (tertiary/aromatic N) is 1. The van der Waals surface area contributed by atoms with Gasteiger partial charge in [-0.1, -0.05) is 52.1 Å². The molecule has 1 amide bonds. The van der Waals surface area contributed by atoms with Crippen LogP contribution in [-0.4, -0.2) is 31.2 Å². The van der Waals surface area contributed by atoms with Crippen molar-refractivity contribution < 1.29 is 13.2 Å². The predicted octanol–water partition coefficient (Wildman–Crippen LogP) is 4.86. The molecule has 0 aliphatic heterocycles. The highest BCUT2D eigenvalue weighted by atomic mass is 79.9. The lowest BCUT2D eigenvalue weighted by atomic mass is 10.2. The number of nitrogens with one attached hydrogen (secondary N) is 1. The van der Waals surface area contributed by atoms with Crippen LogP contribution < -0.4 is 5.32 Å². The largest absolute Gasteiger partial charge is 0.353 e. The number of benzene rings is 2. The van der Waals surface area contributed by atoms with Crippen LogP contribution in [0.15, 0.2) is 51.8 Å². The fourth-order valence-corrected chi connectivity index (χ4v) is 4.51. The molecular weight excluding hydrogens is 487 g/mol. The number of amides is 1. The summed E-state index contributed by atoms with van der Waals surface area (Å²) in [5, 5.41) is 3.58. The smallest absolute Gasteiger partial charge is 0.243 e. The molecule has 0 heterocycles. The Morgan fingerprint density at radius 1 is 1.18 bits per heavy atom. The van der Waals surface area contributed by atoms with Crippen molar-refractivity contribution in [1.82, 2.24) is 9.62 Å². The SMILES string of the molecule is CC[C@H](C)NC(=O)CN(Cc1ccc(Cl)cc1Cl)S(=O)(=O)c1ccc(Br)cc1. The second kappa shape index (κ2) is 10.1. The van der Waals surface area contributed by atoms with Crippen molar-refractivity contribution in [2.24, 2.45) is 0 Å². The number of carbonyl (C=O) groups is 1. The molecule has 1 atom stereocenters. The first-order valence-electron chi connectivity index (χ1n) is 8.62. The summed E-state index contributed by atoms with van der Waals surface area (Å²) in [6.45, 7) is 3.43. The topological polar surface area (TPSA) is 66.5 Å². The van der Waals surface area contributed by atoms with Gasteiger partial charge in [0.25, 0.3) is 0 Å². The Bertz CT molecular complexity index is 937. The zero-order valence-corrected chi connectivity index (χ0v) is 19.4. The second-order valence-corrected chi connectivity index (χ2v) is 10.0. The van der Waals surface area contributed by atoms with E-state index >= 15 is 0 Å². The molecule has 2 aromatic carbocycles. The quantitative estimate of drug-likeness (QED) is 0.554. The molecular formula is C19H21BrCl2N2O3S. The van der Waals surface area contributed by atoms with Crippen molar-refractivity contribution in [3.63, 3.8) is 0 Å². The molecule has 0 aliphatic carbocycles. The van der Waals surface area contributed by atoms with E-state index in [-0.39, 0.29) is 29.9 Å². The number of carbonyl (C=O) groups excluding carboxylic acids is 1. The number of hydrogen-bond donors (Lipinski definition) is 1. The van der Waals surface area contributed by atoms with Crippen molar-refractivity contribution in [3.8, 4) is 0 Å². The second-order valence-electron chi connectivity index (χ2n) is 6.34. The Labute approximate surface area is 184 Å². The Hall–Kier alpha value is -1.12. The molecule has 0 radical (unpaired) electrons. The van der Waals surface area contributed by atoms with Gasteiger partial charge in [-0.15, -0.1) is 0 Å². The van der Waals surface area contributed by atoms with E-state index in [4.69, 9.17) is 23.2 Å². The number of halogens is 3. The Balaban J connectivity index is 2.36.